The highest BCUT2D eigenvalue weighted by Crippen LogP contribution is 2.29. The lowest BCUT2D eigenvalue weighted by atomic mass is 10.1. The first-order valence-electron chi connectivity index (χ1n) is 7.93. The van der Waals surface area contributed by atoms with Gasteiger partial charge in [0.15, 0.2) is 5.65 Å². The van der Waals surface area contributed by atoms with Crippen LogP contribution in [-0.2, 0) is 0 Å². The zero-order chi connectivity index (χ0) is 17.4. The molecule has 124 valence electrons. The first-order chi connectivity index (χ1) is 12.1. The number of nitrogens with one attached hydrogen (secondary N) is 1. The summed E-state index contributed by atoms with van der Waals surface area (Å²) < 4.78 is 1.76. The minimum Gasteiger partial charge on any atom is -0.339 e. The van der Waals surface area contributed by atoms with E-state index in [2.05, 4.69) is 46.4 Å². The van der Waals surface area contributed by atoms with E-state index in [1.54, 1.807) is 10.9 Å². The van der Waals surface area contributed by atoms with Crippen LogP contribution in [0, 0.1) is 13.8 Å². The molecule has 0 amide bonds. The van der Waals surface area contributed by atoms with Gasteiger partial charge in [-0.3, -0.25) is 0 Å². The number of aromatic nitrogens is 4. The molecule has 0 aliphatic rings. The molecule has 2 aromatic carbocycles. The number of para-hydroxylation sites is 2. The Kier molecular flexibility index (Phi) is 3.86. The van der Waals surface area contributed by atoms with Crippen molar-refractivity contribution in [3.05, 3.63) is 71.1 Å². The summed E-state index contributed by atoms with van der Waals surface area (Å²) in [4.78, 5) is 8.75. The second kappa shape index (κ2) is 6.18. The predicted molar refractivity (Wildman–Crippen MR) is 101 cm³/mol. The Morgan fingerprint density at radius 1 is 0.920 bits per heavy atom. The van der Waals surface area contributed by atoms with E-state index in [0.717, 1.165) is 27.9 Å². The highest BCUT2D eigenvalue weighted by atomic mass is 35.5. The van der Waals surface area contributed by atoms with Gasteiger partial charge in [-0.05, 0) is 48.7 Å². The van der Waals surface area contributed by atoms with E-state index in [1.807, 2.05) is 36.4 Å². The van der Waals surface area contributed by atoms with Crippen LogP contribution in [0.2, 0.25) is 5.28 Å². The summed E-state index contributed by atoms with van der Waals surface area (Å²) in [6.45, 7) is 4.12. The summed E-state index contributed by atoms with van der Waals surface area (Å²) in [5.74, 6) is 0.648. The summed E-state index contributed by atoms with van der Waals surface area (Å²) >= 11 is 6.18. The zero-order valence-electron chi connectivity index (χ0n) is 13.9. The molecule has 2 aromatic heterocycles. The molecule has 0 radical (unpaired) electrons. The zero-order valence-corrected chi connectivity index (χ0v) is 14.6. The van der Waals surface area contributed by atoms with Crippen molar-refractivity contribution in [3.8, 4) is 5.69 Å². The fourth-order valence-corrected chi connectivity index (χ4v) is 3.03. The number of nitrogens with zero attached hydrogens (tertiary/aromatic N) is 4. The number of rotatable bonds is 3. The molecule has 0 bridgehead atoms. The van der Waals surface area contributed by atoms with Crippen LogP contribution in [0.3, 0.4) is 0 Å². The van der Waals surface area contributed by atoms with Gasteiger partial charge in [0.2, 0.25) is 5.28 Å². The van der Waals surface area contributed by atoms with Crippen LogP contribution in [0.4, 0.5) is 11.5 Å². The summed E-state index contributed by atoms with van der Waals surface area (Å²) in [7, 11) is 0. The van der Waals surface area contributed by atoms with Gasteiger partial charge in [0, 0.05) is 5.69 Å². The first-order valence-corrected chi connectivity index (χ1v) is 8.31. The number of benzene rings is 2. The van der Waals surface area contributed by atoms with Crippen molar-refractivity contribution in [2.45, 2.75) is 13.8 Å². The molecule has 25 heavy (non-hydrogen) atoms. The predicted octanol–water partition coefficient (Wildman–Crippen LogP) is 4.83. The molecular formula is C19H16ClN5. The highest BCUT2D eigenvalue weighted by Gasteiger charge is 2.14. The Hall–Kier alpha value is -2.92. The average Bonchev–Trinajstić information content (AvgIpc) is 3.03. The van der Waals surface area contributed by atoms with E-state index in [4.69, 9.17) is 11.6 Å². The Morgan fingerprint density at radius 3 is 2.36 bits per heavy atom. The topological polar surface area (TPSA) is 55.6 Å². The van der Waals surface area contributed by atoms with Gasteiger partial charge in [0.1, 0.15) is 5.82 Å². The van der Waals surface area contributed by atoms with E-state index in [-0.39, 0.29) is 5.28 Å². The Bertz CT molecular complexity index is 1040. The molecule has 0 aliphatic carbocycles. The summed E-state index contributed by atoms with van der Waals surface area (Å²) in [5, 5.41) is 8.86. The molecule has 2 heterocycles. The van der Waals surface area contributed by atoms with E-state index >= 15 is 0 Å². The SMILES string of the molecule is Cc1cccc(C)c1Nc1nc(Cl)nc2c1cnn2-c1ccccc1. The normalized spacial score (nSPS) is 11.0. The molecule has 0 unspecified atom stereocenters. The third kappa shape index (κ3) is 2.83. The third-order valence-corrected chi connectivity index (χ3v) is 4.30. The van der Waals surface area contributed by atoms with Crippen LogP contribution in [-0.4, -0.2) is 19.7 Å². The van der Waals surface area contributed by atoms with Gasteiger partial charge in [0.05, 0.1) is 17.3 Å². The third-order valence-electron chi connectivity index (χ3n) is 4.13. The van der Waals surface area contributed by atoms with Crippen molar-refractivity contribution in [2.75, 3.05) is 5.32 Å². The van der Waals surface area contributed by atoms with Crippen LogP contribution in [0.1, 0.15) is 11.1 Å². The van der Waals surface area contributed by atoms with E-state index in [0.29, 0.717) is 11.5 Å². The first kappa shape index (κ1) is 15.6. The standard InChI is InChI=1S/C19H16ClN5/c1-12-7-6-8-13(2)16(12)22-17-15-11-21-25(14-9-4-3-5-10-14)18(15)24-19(20)23-17/h3-11H,1-2H3,(H,22,23,24). The van der Waals surface area contributed by atoms with Crippen LogP contribution >= 0.6 is 11.6 Å². The fourth-order valence-electron chi connectivity index (χ4n) is 2.86. The van der Waals surface area contributed by atoms with E-state index in [9.17, 15) is 0 Å². The smallest absolute Gasteiger partial charge is 0.226 e. The van der Waals surface area contributed by atoms with Gasteiger partial charge in [0.25, 0.3) is 0 Å². The highest BCUT2D eigenvalue weighted by molar-refractivity contribution is 6.28. The maximum absolute atomic E-state index is 6.18. The van der Waals surface area contributed by atoms with Crippen LogP contribution in [0.25, 0.3) is 16.7 Å². The molecule has 0 saturated heterocycles. The molecular weight excluding hydrogens is 334 g/mol. The quantitative estimate of drug-likeness (QED) is 0.538. The van der Waals surface area contributed by atoms with Crippen LogP contribution in [0.5, 0.6) is 0 Å². The van der Waals surface area contributed by atoms with Gasteiger partial charge in [-0.15, -0.1) is 0 Å². The van der Waals surface area contributed by atoms with Crippen molar-refractivity contribution in [2.24, 2.45) is 0 Å². The molecule has 0 spiro atoms. The fraction of sp³-hybridized carbons (Fsp3) is 0.105. The van der Waals surface area contributed by atoms with Gasteiger partial charge >= 0.3 is 0 Å². The molecule has 0 atom stereocenters. The molecule has 0 aliphatic heterocycles. The molecule has 5 nitrogen and oxygen atoms in total. The van der Waals surface area contributed by atoms with Crippen LogP contribution in [0.15, 0.2) is 54.7 Å². The van der Waals surface area contributed by atoms with Crippen LogP contribution < -0.4 is 5.32 Å². The number of hydrogen-bond donors (Lipinski definition) is 1. The van der Waals surface area contributed by atoms with Gasteiger partial charge < -0.3 is 5.32 Å². The molecule has 1 N–H and O–H groups in total. The number of aryl methyl sites for hydroxylation is 2. The lowest BCUT2D eigenvalue weighted by molar-refractivity contribution is 0.895. The Morgan fingerprint density at radius 2 is 1.64 bits per heavy atom. The molecule has 4 rings (SSSR count). The lowest BCUT2D eigenvalue weighted by Gasteiger charge is -2.12. The number of halogens is 1. The maximum atomic E-state index is 6.18. The van der Waals surface area contributed by atoms with E-state index in [1.165, 1.54) is 0 Å². The molecule has 0 saturated carbocycles. The largest absolute Gasteiger partial charge is 0.339 e. The van der Waals surface area contributed by atoms with Crippen molar-refractivity contribution in [1.29, 1.82) is 0 Å². The minimum atomic E-state index is 0.180. The van der Waals surface area contributed by atoms with Crippen molar-refractivity contribution < 1.29 is 0 Å². The van der Waals surface area contributed by atoms with Crippen molar-refractivity contribution in [3.63, 3.8) is 0 Å². The Labute approximate surface area is 150 Å². The second-order valence-corrected chi connectivity index (χ2v) is 6.20. The van der Waals surface area contributed by atoms with Crippen molar-refractivity contribution in [1.82, 2.24) is 19.7 Å². The molecule has 6 heteroatoms. The number of anilines is 2. The maximum Gasteiger partial charge on any atom is 0.226 e. The van der Waals surface area contributed by atoms with Gasteiger partial charge in [-0.2, -0.15) is 15.1 Å². The number of fused-ring (bicyclic) bond motifs is 1. The minimum absolute atomic E-state index is 0.180. The molecule has 4 aromatic rings. The number of hydrogen-bond acceptors (Lipinski definition) is 4. The van der Waals surface area contributed by atoms with Gasteiger partial charge in [-0.25, -0.2) is 4.68 Å². The molecule has 0 fully saturated rings. The lowest BCUT2D eigenvalue weighted by Crippen LogP contribution is -2.02. The average molecular weight is 350 g/mol. The van der Waals surface area contributed by atoms with Crippen molar-refractivity contribution >= 4 is 34.1 Å². The summed E-state index contributed by atoms with van der Waals surface area (Å²) in [6, 6.07) is 16.0. The summed E-state index contributed by atoms with van der Waals surface area (Å²) in [6.07, 6.45) is 1.76. The van der Waals surface area contributed by atoms with E-state index < -0.39 is 0 Å². The second-order valence-electron chi connectivity index (χ2n) is 5.86. The summed E-state index contributed by atoms with van der Waals surface area (Å²) in [5.41, 5.74) is 4.88. The Balaban J connectivity index is 1.87. The monoisotopic (exact) mass is 349 g/mol. The van der Waals surface area contributed by atoms with Gasteiger partial charge in [-0.1, -0.05) is 36.4 Å².